The Labute approximate surface area is 166 Å². The van der Waals surface area contributed by atoms with Crippen LogP contribution in [0.2, 0.25) is 0 Å². The van der Waals surface area contributed by atoms with Crippen molar-refractivity contribution in [2.24, 2.45) is 0 Å². The Balaban J connectivity index is 1.42. The number of anilines is 1. The van der Waals surface area contributed by atoms with E-state index in [9.17, 15) is 0 Å². The average Bonchev–Trinajstić information content (AvgIpc) is 3.35. The molecule has 0 radical (unpaired) electrons. The molecule has 5 heterocycles. The first-order chi connectivity index (χ1) is 13.3. The molecule has 3 aromatic heterocycles. The monoisotopic (exact) mass is 427 g/mol. The Morgan fingerprint density at radius 1 is 0.963 bits per heavy atom. The number of likely N-dealkylation sites (tertiary alicyclic amines) is 1. The van der Waals surface area contributed by atoms with Gasteiger partial charge in [-0.05, 0) is 72.9 Å². The summed E-state index contributed by atoms with van der Waals surface area (Å²) in [5.41, 5.74) is 2.68. The van der Waals surface area contributed by atoms with Gasteiger partial charge in [0.1, 0.15) is 16.1 Å². The molecule has 27 heavy (non-hydrogen) atoms. The van der Waals surface area contributed by atoms with Gasteiger partial charge in [-0.15, -0.1) is 5.10 Å². The van der Waals surface area contributed by atoms with Crippen LogP contribution in [0.4, 0.5) is 5.82 Å². The molecule has 7 nitrogen and oxygen atoms in total. The summed E-state index contributed by atoms with van der Waals surface area (Å²) in [6, 6.07) is 6.79. The van der Waals surface area contributed by atoms with Gasteiger partial charge in [0.2, 0.25) is 0 Å². The third-order valence-corrected chi connectivity index (χ3v) is 6.28. The molecule has 0 spiro atoms. The van der Waals surface area contributed by atoms with E-state index in [-0.39, 0.29) is 0 Å². The summed E-state index contributed by atoms with van der Waals surface area (Å²) in [4.78, 5) is 9.66. The molecule has 140 valence electrons. The summed E-state index contributed by atoms with van der Waals surface area (Å²) in [6.45, 7) is 4.67. The fourth-order valence-corrected chi connectivity index (χ4v) is 4.88. The summed E-state index contributed by atoms with van der Waals surface area (Å²) in [5, 5.41) is 12.8. The zero-order valence-electron chi connectivity index (χ0n) is 15.1. The first-order valence-corrected chi connectivity index (χ1v) is 10.4. The fraction of sp³-hybridized carbons (Fsp3) is 0.474. The lowest BCUT2D eigenvalue weighted by Crippen LogP contribution is -2.44. The van der Waals surface area contributed by atoms with Crippen molar-refractivity contribution in [3.63, 3.8) is 0 Å². The minimum atomic E-state index is 0.744. The number of imidazole rings is 1. The maximum absolute atomic E-state index is 4.91. The van der Waals surface area contributed by atoms with E-state index in [4.69, 9.17) is 5.10 Å². The molecule has 0 aromatic carbocycles. The van der Waals surface area contributed by atoms with Crippen LogP contribution in [0, 0.1) is 0 Å². The van der Waals surface area contributed by atoms with Crippen LogP contribution in [-0.2, 0) is 0 Å². The smallest absolute Gasteiger partial charge is 0.155 e. The van der Waals surface area contributed by atoms with Crippen molar-refractivity contribution in [2.45, 2.75) is 31.7 Å². The lowest BCUT2D eigenvalue weighted by atomic mass is 10.0. The minimum Gasteiger partial charge on any atom is -0.355 e. The highest BCUT2D eigenvalue weighted by Crippen LogP contribution is 2.29. The molecule has 2 saturated heterocycles. The first kappa shape index (κ1) is 17.1. The molecule has 0 saturated carbocycles. The summed E-state index contributed by atoms with van der Waals surface area (Å²) >= 11 is 3.57. The standard InChI is InChI=1S/C19H22BrN7/c20-19-18(14-5-8-21-22-13-14)27-16(23-19)3-4-17(24-27)26-11-6-15(7-12-26)25-9-1-2-10-25/h3-5,8,13,15H,1-2,6-7,9-12H2. The van der Waals surface area contributed by atoms with E-state index in [0.29, 0.717) is 0 Å². The van der Waals surface area contributed by atoms with Gasteiger partial charge in [0.05, 0.1) is 12.4 Å². The highest BCUT2D eigenvalue weighted by molar-refractivity contribution is 9.10. The minimum absolute atomic E-state index is 0.744. The maximum Gasteiger partial charge on any atom is 0.155 e. The molecule has 2 fully saturated rings. The quantitative estimate of drug-likeness (QED) is 0.639. The molecule has 2 aliphatic heterocycles. The molecule has 3 aromatic rings. The zero-order valence-corrected chi connectivity index (χ0v) is 16.7. The number of hydrogen-bond donors (Lipinski definition) is 0. The second-order valence-electron chi connectivity index (χ2n) is 7.31. The van der Waals surface area contributed by atoms with Gasteiger partial charge in [-0.3, -0.25) is 0 Å². The van der Waals surface area contributed by atoms with Crippen LogP contribution in [0.3, 0.4) is 0 Å². The van der Waals surface area contributed by atoms with Gasteiger partial charge in [0.25, 0.3) is 0 Å². The molecule has 8 heteroatoms. The number of piperidine rings is 1. The van der Waals surface area contributed by atoms with Crippen LogP contribution in [0.1, 0.15) is 25.7 Å². The van der Waals surface area contributed by atoms with E-state index in [0.717, 1.165) is 46.5 Å². The van der Waals surface area contributed by atoms with Gasteiger partial charge < -0.3 is 9.80 Å². The number of fused-ring (bicyclic) bond motifs is 1. The first-order valence-electron chi connectivity index (χ1n) is 9.61. The Morgan fingerprint density at radius 2 is 1.78 bits per heavy atom. The Kier molecular flexibility index (Phi) is 4.53. The largest absolute Gasteiger partial charge is 0.355 e. The van der Waals surface area contributed by atoms with E-state index in [1.165, 1.54) is 38.8 Å². The van der Waals surface area contributed by atoms with Crippen molar-refractivity contribution in [2.75, 3.05) is 31.1 Å². The molecule has 0 bridgehead atoms. The Morgan fingerprint density at radius 3 is 2.52 bits per heavy atom. The number of halogens is 1. The summed E-state index contributed by atoms with van der Waals surface area (Å²) in [5.74, 6) is 1.01. The van der Waals surface area contributed by atoms with Crippen molar-refractivity contribution in [1.82, 2.24) is 29.7 Å². The van der Waals surface area contributed by atoms with Gasteiger partial charge in [-0.2, -0.15) is 10.2 Å². The normalized spacial score (nSPS) is 19.2. The predicted molar refractivity (Wildman–Crippen MR) is 108 cm³/mol. The third-order valence-electron chi connectivity index (χ3n) is 5.72. The van der Waals surface area contributed by atoms with E-state index in [1.807, 2.05) is 16.6 Å². The van der Waals surface area contributed by atoms with Crippen LogP contribution in [0.15, 0.2) is 35.2 Å². The second-order valence-corrected chi connectivity index (χ2v) is 8.06. The van der Waals surface area contributed by atoms with Gasteiger partial charge in [0, 0.05) is 24.7 Å². The molecule has 0 N–H and O–H groups in total. The van der Waals surface area contributed by atoms with Crippen LogP contribution < -0.4 is 4.90 Å². The molecule has 2 aliphatic rings. The van der Waals surface area contributed by atoms with Crippen molar-refractivity contribution < 1.29 is 0 Å². The average molecular weight is 428 g/mol. The SMILES string of the molecule is Brc1nc2ccc(N3CCC(N4CCCC4)CC3)nn2c1-c1ccnnc1. The second kappa shape index (κ2) is 7.16. The van der Waals surface area contributed by atoms with Crippen LogP contribution in [-0.4, -0.2) is 61.9 Å². The molecule has 0 unspecified atom stereocenters. The predicted octanol–water partition coefficient (Wildman–Crippen LogP) is 3.01. The Hall–Kier alpha value is -2.06. The Bertz CT molecular complexity index is 928. The number of nitrogens with zero attached hydrogens (tertiary/aromatic N) is 7. The van der Waals surface area contributed by atoms with Crippen LogP contribution in [0.25, 0.3) is 16.9 Å². The highest BCUT2D eigenvalue weighted by atomic mass is 79.9. The number of rotatable bonds is 3. The lowest BCUT2D eigenvalue weighted by molar-refractivity contribution is 0.207. The summed E-state index contributed by atoms with van der Waals surface area (Å²) in [7, 11) is 0. The molecule has 0 aliphatic carbocycles. The lowest BCUT2D eigenvalue weighted by Gasteiger charge is -2.37. The van der Waals surface area contributed by atoms with E-state index in [2.05, 4.69) is 47.0 Å². The van der Waals surface area contributed by atoms with Gasteiger partial charge in [-0.1, -0.05) is 0 Å². The maximum atomic E-state index is 4.91. The third kappa shape index (κ3) is 3.21. The van der Waals surface area contributed by atoms with Crippen molar-refractivity contribution >= 4 is 27.4 Å². The topological polar surface area (TPSA) is 62.5 Å². The molecule has 0 atom stereocenters. The van der Waals surface area contributed by atoms with Gasteiger partial charge in [0.15, 0.2) is 5.65 Å². The summed E-state index contributed by atoms with van der Waals surface area (Å²) < 4.78 is 2.68. The molecular weight excluding hydrogens is 406 g/mol. The zero-order chi connectivity index (χ0) is 18.2. The molecule has 0 amide bonds. The van der Waals surface area contributed by atoms with E-state index in [1.54, 1.807) is 12.4 Å². The molecule has 5 rings (SSSR count). The van der Waals surface area contributed by atoms with Crippen molar-refractivity contribution in [3.05, 3.63) is 35.2 Å². The van der Waals surface area contributed by atoms with Gasteiger partial charge >= 0.3 is 0 Å². The van der Waals surface area contributed by atoms with Gasteiger partial charge in [-0.25, -0.2) is 9.50 Å². The van der Waals surface area contributed by atoms with Crippen LogP contribution in [0.5, 0.6) is 0 Å². The van der Waals surface area contributed by atoms with Crippen LogP contribution >= 0.6 is 15.9 Å². The number of hydrogen-bond acceptors (Lipinski definition) is 6. The van der Waals surface area contributed by atoms with Crippen molar-refractivity contribution in [1.29, 1.82) is 0 Å². The summed E-state index contributed by atoms with van der Waals surface area (Å²) in [6.07, 6.45) is 8.59. The fourth-order valence-electron chi connectivity index (χ4n) is 4.30. The number of aromatic nitrogens is 5. The van der Waals surface area contributed by atoms with Crippen molar-refractivity contribution in [3.8, 4) is 11.3 Å². The van der Waals surface area contributed by atoms with E-state index >= 15 is 0 Å². The molecular formula is C19H22BrN7. The van der Waals surface area contributed by atoms with E-state index < -0.39 is 0 Å². The highest BCUT2D eigenvalue weighted by Gasteiger charge is 2.27.